The topological polar surface area (TPSA) is 63.3 Å². The Labute approximate surface area is 112 Å². The number of allylic oxidation sites excluding steroid dienone is 1. The van der Waals surface area contributed by atoms with Gasteiger partial charge in [0.1, 0.15) is 0 Å². The number of carboxylic acids is 1. The molecule has 0 fully saturated rings. The van der Waals surface area contributed by atoms with Gasteiger partial charge >= 0.3 is 5.97 Å². The van der Waals surface area contributed by atoms with Crippen LogP contribution in [0.4, 0.5) is 0 Å². The van der Waals surface area contributed by atoms with Crippen LogP contribution >= 0.6 is 15.9 Å². The standard InChI is InChI=1S/C13H10BrNO3/c1-7(2)8-3-9(5-10(14)4-8)12-6-11(13(16)17)15-18-12/h3-6H,1H2,2H3,(H,16,17). The third kappa shape index (κ3) is 2.51. The van der Waals surface area contributed by atoms with Crippen molar-refractivity contribution in [3.05, 3.63) is 46.6 Å². The molecule has 2 aromatic rings. The van der Waals surface area contributed by atoms with E-state index in [4.69, 9.17) is 9.63 Å². The first-order chi connectivity index (χ1) is 8.47. The molecule has 0 aliphatic rings. The van der Waals surface area contributed by atoms with Crippen LogP contribution in [0, 0.1) is 0 Å². The number of aromatic nitrogens is 1. The van der Waals surface area contributed by atoms with Crippen molar-refractivity contribution in [3.63, 3.8) is 0 Å². The van der Waals surface area contributed by atoms with E-state index in [2.05, 4.69) is 27.7 Å². The van der Waals surface area contributed by atoms with Crippen LogP contribution in [0.5, 0.6) is 0 Å². The van der Waals surface area contributed by atoms with Gasteiger partial charge in [-0.2, -0.15) is 0 Å². The fourth-order valence-corrected chi connectivity index (χ4v) is 1.98. The van der Waals surface area contributed by atoms with Gasteiger partial charge in [0.25, 0.3) is 0 Å². The van der Waals surface area contributed by atoms with Crippen molar-refractivity contribution >= 4 is 27.5 Å². The van der Waals surface area contributed by atoms with E-state index in [1.165, 1.54) is 6.07 Å². The smallest absolute Gasteiger partial charge is 0.358 e. The number of carboxylic acid groups (broad SMARTS) is 1. The first kappa shape index (κ1) is 12.6. The largest absolute Gasteiger partial charge is 0.476 e. The van der Waals surface area contributed by atoms with Crippen LogP contribution in [0.2, 0.25) is 0 Å². The van der Waals surface area contributed by atoms with Crippen molar-refractivity contribution in [2.75, 3.05) is 0 Å². The molecule has 0 aliphatic carbocycles. The highest BCUT2D eigenvalue weighted by Gasteiger charge is 2.13. The van der Waals surface area contributed by atoms with Gasteiger partial charge < -0.3 is 9.63 Å². The molecule has 0 radical (unpaired) electrons. The number of benzene rings is 1. The van der Waals surface area contributed by atoms with Gasteiger partial charge in [0.2, 0.25) is 0 Å². The number of nitrogens with zero attached hydrogens (tertiary/aromatic N) is 1. The summed E-state index contributed by atoms with van der Waals surface area (Å²) in [5.41, 5.74) is 2.51. The van der Waals surface area contributed by atoms with Crippen molar-refractivity contribution in [1.82, 2.24) is 5.16 Å². The van der Waals surface area contributed by atoms with Crippen molar-refractivity contribution in [2.45, 2.75) is 6.92 Å². The molecule has 0 spiro atoms. The molecule has 0 aliphatic heterocycles. The van der Waals surface area contributed by atoms with E-state index in [0.29, 0.717) is 5.76 Å². The van der Waals surface area contributed by atoms with E-state index in [-0.39, 0.29) is 5.69 Å². The van der Waals surface area contributed by atoms with Gasteiger partial charge in [-0.15, -0.1) is 0 Å². The van der Waals surface area contributed by atoms with Crippen molar-refractivity contribution in [2.24, 2.45) is 0 Å². The van der Waals surface area contributed by atoms with Gasteiger partial charge in [0.05, 0.1) is 0 Å². The summed E-state index contributed by atoms with van der Waals surface area (Å²) < 4.78 is 5.89. The molecule has 4 nitrogen and oxygen atoms in total. The molecular weight excluding hydrogens is 298 g/mol. The predicted molar refractivity (Wildman–Crippen MR) is 71.3 cm³/mol. The normalized spacial score (nSPS) is 10.3. The van der Waals surface area contributed by atoms with Gasteiger partial charge in [-0.25, -0.2) is 4.79 Å². The number of rotatable bonds is 3. The highest BCUT2D eigenvalue weighted by molar-refractivity contribution is 9.10. The van der Waals surface area contributed by atoms with Crippen molar-refractivity contribution in [1.29, 1.82) is 0 Å². The highest BCUT2D eigenvalue weighted by Crippen LogP contribution is 2.28. The zero-order valence-electron chi connectivity index (χ0n) is 9.61. The third-order valence-electron chi connectivity index (χ3n) is 2.40. The second-order valence-corrected chi connectivity index (χ2v) is 4.81. The third-order valence-corrected chi connectivity index (χ3v) is 2.86. The summed E-state index contributed by atoms with van der Waals surface area (Å²) in [5.74, 6) is -0.698. The summed E-state index contributed by atoms with van der Waals surface area (Å²) in [7, 11) is 0. The average molecular weight is 308 g/mol. The summed E-state index contributed by atoms with van der Waals surface area (Å²) in [6.07, 6.45) is 0. The minimum atomic E-state index is -1.11. The van der Waals surface area contributed by atoms with E-state index in [0.717, 1.165) is 21.2 Å². The molecule has 0 bridgehead atoms. The lowest BCUT2D eigenvalue weighted by molar-refractivity contribution is 0.0686. The predicted octanol–water partition coefficient (Wildman–Crippen LogP) is 3.84. The first-order valence-electron chi connectivity index (χ1n) is 5.14. The summed E-state index contributed by atoms with van der Waals surface area (Å²) in [6, 6.07) is 7.03. The fraction of sp³-hybridized carbons (Fsp3) is 0.0769. The van der Waals surface area contributed by atoms with Crippen molar-refractivity contribution < 1.29 is 14.4 Å². The summed E-state index contributed by atoms with van der Waals surface area (Å²) in [4.78, 5) is 10.7. The summed E-state index contributed by atoms with van der Waals surface area (Å²) >= 11 is 3.39. The molecule has 92 valence electrons. The SMILES string of the molecule is C=C(C)c1cc(Br)cc(-c2cc(C(=O)O)no2)c1. The van der Waals surface area contributed by atoms with Gasteiger partial charge in [-0.3, -0.25) is 0 Å². The second kappa shape index (κ2) is 4.78. The summed E-state index contributed by atoms with van der Waals surface area (Å²) in [6.45, 7) is 5.77. The molecule has 0 saturated heterocycles. The Morgan fingerprint density at radius 1 is 1.39 bits per heavy atom. The quantitative estimate of drug-likeness (QED) is 0.936. The van der Waals surface area contributed by atoms with Gasteiger partial charge in [-0.1, -0.05) is 33.2 Å². The number of aromatic carboxylic acids is 1. The van der Waals surface area contributed by atoms with Crippen LogP contribution in [0.1, 0.15) is 23.0 Å². The maximum absolute atomic E-state index is 10.7. The molecule has 2 rings (SSSR count). The van der Waals surface area contributed by atoms with E-state index in [1.807, 2.05) is 25.1 Å². The Morgan fingerprint density at radius 2 is 2.11 bits per heavy atom. The van der Waals surface area contributed by atoms with Crippen LogP contribution in [0.25, 0.3) is 16.9 Å². The fourth-order valence-electron chi connectivity index (χ4n) is 1.49. The monoisotopic (exact) mass is 307 g/mol. The molecule has 1 N–H and O–H groups in total. The zero-order valence-corrected chi connectivity index (χ0v) is 11.2. The molecule has 0 atom stereocenters. The van der Waals surface area contributed by atoms with Crippen LogP contribution < -0.4 is 0 Å². The molecular formula is C13H10BrNO3. The van der Waals surface area contributed by atoms with Gasteiger partial charge in [0, 0.05) is 16.1 Å². The highest BCUT2D eigenvalue weighted by atomic mass is 79.9. The number of carbonyl (C=O) groups is 1. The number of hydrogen-bond acceptors (Lipinski definition) is 3. The van der Waals surface area contributed by atoms with E-state index >= 15 is 0 Å². The van der Waals surface area contributed by atoms with Crippen LogP contribution in [-0.4, -0.2) is 16.2 Å². The minimum absolute atomic E-state index is 0.109. The van der Waals surface area contributed by atoms with Crippen LogP contribution in [0.15, 0.2) is 39.8 Å². The Balaban J connectivity index is 2.49. The molecule has 1 aromatic carbocycles. The second-order valence-electron chi connectivity index (χ2n) is 3.89. The maximum Gasteiger partial charge on any atom is 0.358 e. The number of hydrogen-bond donors (Lipinski definition) is 1. The molecule has 5 heteroatoms. The number of halogens is 1. The molecule has 0 amide bonds. The molecule has 1 aromatic heterocycles. The molecule has 0 unspecified atom stereocenters. The van der Waals surface area contributed by atoms with Gasteiger partial charge in [0.15, 0.2) is 11.5 Å². The minimum Gasteiger partial charge on any atom is -0.476 e. The Kier molecular flexibility index (Phi) is 3.34. The van der Waals surface area contributed by atoms with Crippen molar-refractivity contribution in [3.8, 4) is 11.3 Å². The van der Waals surface area contributed by atoms with Crippen LogP contribution in [0.3, 0.4) is 0 Å². The summed E-state index contributed by atoms with van der Waals surface area (Å²) in [5, 5.41) is 12.3. The lowest BCUT2D eigenvalue weighted by Gasteiger charge is -2.03. The van der Waals surface area contributed by atoms with Gasteiger partial charge in [-0.05, 0) is 30.7 Å². The Hall–Kier alpha value is -1.88. The Bertz CT molecular complexity index is 631. The molecule has 18 heavy (non-hydrogen) atoms. The Morgan fingerprint density at radius 3 is 2.67 bits per heavy atom. The lowest BCUT2D eigenvalue weighted by atomic mass is 10.0. The van der Waals surface area contributed by atoms with E-state index < -0.39 is 5.97 Å². The first-order valence-corrected chi connectivity index (χ1v) is 5.93. The molecule has 1 heterocycles. The van der Waals surface area contributed by atoms with Crippen LogP contribution in [-0.2, 0) is 0 Å². The average Bonchev–Trinajstić information content (AvgIpc) is 2.77. The maximum atomic E-state index is 10.7. The van der Waals surface area contributed by atoms with E-state index in [9.17, 15) is 4.79 Å². The van der Waals surface area contributed by atoms with E-state index in [1.54, 1.807) is 0 Å². The zero-order chi connectivity index (χ0) is 13.3. The lowest BCUT2D eigenvalue weighted by Crippen LogP contribution is -1.94. The molecule has 0 saturated carbocycles.